The minimum atomic E-state index is -0.0854. The number of fused-ring (bicyclic) bond motifs is 6. The van der Waals surface area contributed by atoms with Crippen LogP contribution in [0.25, 0.3) is 111 Å². The van der Waals surface area contributed by atoms with Crippen molar-refractivity contribution in [1.82, 2.24) is 9.97 Å². The van der Waals surface area contributed by atoms with Crippen LogP contribution < -0.4 is 0 Å². The Labute approximate surface area is 373 Å². The van der Waals surface area contributed by atoms with Gasteiger partial charge in [-0.1, -0.05) is 190 Å². The Balaban J connectivity index is 1.06. The van der Waals surface area contributed by atoms with E-state index in [4.69, 9.17) is 14.4 Å². The lowest BCUT2D eigenvalue weighted by Gasteiger charge is -2.21. The maximum absolute atomic E-state index is 6.64. The molecule has 64 heavy (non-hydrogen) atoms. The number of aromatic nitrogens is 2. The standard InChI is InChI=1S/C61H42N2O/c1-61(2)53-30-11-9-26-52(53)58-48(27-16-31-54(58)61)43-23-14-24-44(34-43)55-38-56(63-60(62-55)40-19-7-4-8-20-40)47-36-45(42-22-13-21-41(33-42)39-17-5-3-6-18-39)35-46(37-47)49-28-15-29-51-50-25-10-12-32-57(50)64-59(49)51/h3-38H,1-2H3. The first kappa shape index (κ1) is 37.6. The van der Waals surface area contributed by atoms with Gasteiger partial charge in [0.1, 0.15) is 11.2 Å². The van der Waals surface area contributed by atoms with Gasteiger partial charge in [0.15, 0.2) is 5.82 Å². The Morgan fingerprint density at radius 3 is 1.69 bits per heavy atom. The molecule has 0 saturated heterocycles. The molecule has 2 heterocycles. The second-order valence-corrected chi connectivity index (χ2v) is 17.3. The van der Waals surface area contributed by atoms with Crippen LogP contribution in [0, 0.1) is 0 Å². The number of rotatable bonds is 7. The summed E-state index contributed by atoms with van der Waals surface area (Å²) in [7, 11) is 0. The van der Waals surface area contributed by atoms with Crippen molar-refractivity contribution < 1.29 is 4.42 Å². The SMILES string of the molecule is CC1(C)c2ccccc2-c2c(-c3cccc(-c4cc(-c5cc(-c6cccc(-c7ccccc7)c6)cc(-c6cccc7c6oc6ccccc67)c5)nc(-c5ccccc5)n4)c3)cccc21. The molecular formula is C61H42N2O. The monoisotopic (exact) mass is 818 g/mol. The predicted molar refractivity (Wildman–Crippen MR) is 265 cm³/mol. The highest BCUT2D eigenvalue weighted by molar-refractivity contribution is 6.10. The molecule has 302 valence electrons. The van der Waals surface area contributed by atoms with E-state index < -0.39 is 0 Å². The van der Waals surface area contributed by atoms with Crippen molar-refractivity contribution in [2.75, 3.05) is 0 Å². The second kappa shape index (κ2) is 15.0. The highest BCUT2D eigenvalue weighted by Gasteiger charge is 2.36. The maximum atomic E-state index is 6.64. The van der Waals surface area contributed by atoms with Crippen molar-refractivity contribution in [3.8, 4) is 89.5 Å². The number of para-hydroxylation sites is 2. The molecule has 0 unspecified atom stereocenters. The molecule has 1 aliphatic rings. The largest absolute Gasteiger partial charge is 0.455 e. The molecule has 0 fully saturated rings. The number of nitrogens with zero attached hydrogens (tertiary/aromatic N) is 2. The first-order chi connectivity index (χ1) is 31.5. The van der Waals surface area contributed by atoms with Gasteiger partial charge in [-0.05, 0) is 104 Å². The molecular weight excluding hydrogens is 777 g/mol. The molecule has 1 aliphatic carbocycles. The van der Waals surface area contributed by atoms with Crippen LogP contribution in [0.15, 0.2) is 223 Å². The Morgan fingerprint density at radius 1 is 0.344 bits per heavy atom. The van der Waals surface area contributed by atoms with Crippen LogP contribution in [0.4, 0.5) is 0 Å². The van der Waals surface area contributed by atoms with E-state index in [2.05, 4.69) is 202 Å². The molecule has 12 rings (SSSR count). The van der Waals surface area contributed by atoms with E-state index in [1.165, 1.54) is 33.4 Å². The summed E-state index contributed by atoms with van der Waals surface area (Å²) in [6.45, 7) is 4.67. The highest BCUT2D eigenvalue weighted by atomic mass is 16.3. The molecule has 2 aromatic heterocycles. The molecule has 0 radical (unpaired) electrons. The van der Waals surface area contributed by atoms with Gasteiger partial charge < -0.3 is 4.42 Å². The van der Waals surface area contributed by atoms with Crippen molar-refractivity contribution in [2.24, 2.45) is 0 Å². The van der Waals surface area contributed by atoms with Crippen LogP contribution in [0.5, 0.6) is 0 Å². The summed E-state index contributed by atoms with van der Waals surface area (Å²) in [5.41, 5.74) is 20.7. The normalized spacial score (nSPS) is 12.7. The molecule has 9 aromatic carbocycles. The molecule has 0 bridgehead atoms. The zero-order valence-corrected chi connectivity index (χ0v) is 35.6. The fourth-order valence-electron chi connectivity index (χ4n) is 9.88. The van der Waals surface area contributed by atoms with Gasteiger partial charge >= 0.3 is 0 Å². The van der Waals surface area contributed by atoms with E-state index in [0.717, 1.165) is 83.4 Å². The fourth-order valence-corrected chi connectivity index (χ4v) is 9.88. The van der Waals surface area contributed by atoms with Crippen LogP contribution >= 0.6 is 0 Å². The summed E-state index contributed by atoms with van der Waals surface area (Å²) < 4.78 is 6.64. The maximum Gasteiger partial charge on any atom is 0.160 e. The van der Waals surface area contributed by atoms with Crippen molar-refractivity contribution in [3.63, 3.8) is 0 Å². The number of hydrogen-bond donors (Lipinski definition) is 0. The summed E-state index contributed by atoms with van der Waals surface area (Å²) in [5, 5.41) is 2.20. The third-order valence-corrected chi connectivity index (χ3v) is 13.1. The quantitative estimate of drug-likeness (QED) is 0.161. The van der Waals surface area contributed by atoms with Gasteiger partial charge in [-0.25, -0.2) is 9.97 Å². The lowest BCUT2D eigenvalue weighted by atomic mass is 9.82. The van der Waals surface area contributed by atoms with Gasteiger partial charge in [0.2, 0.25) is 0 Å². The lowest BCUT2D eigenvalue weighted by Crippen LogP contribution is -2.14. The smallest absolute Gasteiger partial charge is 0.160 e. The van der Waals surface area contributed by atoms with Gasteiger partial charge in [0.25, 0.3) is 0 Å². The Bertz CT molecular complexity index is 3580. The summed E-state index contributed by atoms with van der Waals surface area (Å²) in [6.07, 6.45) is 0. The van der Waals surface area contributed by atoms with Crippen molar-refractivity contribution in [2.45, 2.75) is 19.3 Å². The van der Waals surface area contributed by atoms with E-state index in [0.29, 0.717) is 5.82 Å². The van der Waals surface area contributed by atoms with Crippen LogP contribution in [-0.4, -0.2) is 9.97 Å². The van der Waals surface area contributed by atoms with Crippen molar-refractivity contribution in [1.29, 1.82) is 0 Å². The van der Waals surface area contributed by atoms with Crippen LogP contribution in [-0.2, 0) is 5.41 Å². The Hall–Kier alpha value is -8.14. The Kier molecular flexibility index (Phi) is 8.84. The lowest BCUT2D eigenvalue weighted by molar-refractivity contribution is 0.660. The Morgan fingerprint density at radius 2 is 0.859 bits per heavy atom. The molecule has 0 atom stereocenters. The highest BCUT2D eigenvalue weighted by Crippen LogP contribution is 2.52. The third-order valence-electron chi connectivity index (χ3n) is 13.1. The van der Waals surface area contributed by atoms with Crippen LogP contribution in [0.2, 0.25) is 0 Å². The molecule has 11 aromatic rings. The molecule has 0 N–H and O–H groups in total. The molecule has 0 amide bonds. The van der Waals surface area contributed by atoms with E-state index in [1.54, 1.807) is 0 Å². The predicted octanol–water partition coefficient (Wildman–Crippen LogP) is 16.4. The average Bonchev–Trinajstić information content (AvgIpc) is 3.86. The molecule has 0 spiro atoms. The van der Waals surface area contributed by atoms with Crippen molar-refractivity contribution >= 4 is 21.9 Å². The average molecular weight is 819 g/mol. The van der Waals surface area contributed by atoms with Gasteiger partial charge in [-0.2, -0.15) is 0 Å². The first-order valence-electron chi connectivity index (χ1n) is 22.0. The van der Waals surface area contributed by atoms with E-state index >= 15 is 0 Å². The third kappa shape index (κ3) is 6.36. The second-order valence-electron chi connectivity index (χ2n) is 17.3. The summed E-state index contributed by atoms with van der Waals surface area (Å²) >= 11 is 0. The van der Waals surface area contributed by atoms with Gasteiger partial charge in [-0.3, -0.25) is 0 Å². The van der Waals surface area contributed by atoms with E-state index in [1.807, 2.05) is 30.3 Å². The van der Waals surface area contributed by atoms with Gasteiger partial charge in [0.05, 0.1) is 11.4 Å². The summed E-state index contributed by atoms with van der Waals surface area (Å²) in [5.74, 6) is 0.673. The summed E-state index contributed by atoms with van der Waals surface area (Å²) in [6, 6.07) is 77.9. The molecule has 0 aliphatic heterocycles. The zero-order chi connectivity index (χ0) is 42.8. The number of furan rings is 1. The van der Waals surface area contributed by atoms with Gasteiger partial charge in [0, 0.05) is 38.4 Å². The zero-order valence-electron chi connectivity index (χ0n) is 35.6. The van der Waals surface area contributed by atoms with Crippen molar-refractivity contribution in [3.05, 3.63) is 230 Å². The van der Waals surface area contributed by atoms with E-state index in [9.17, 15) is 0 Å². The van der Waals surface area contributed by atoms with Gasteiger partial charge in [-0.15, -0.1) is 0 Å². The van der Waals surface area contributed by atoms with Crippen LogP contribution in [0.1, 0.15) is 25.0 Å². The van der Waals surface area contributed by atoms with Crippen LogP contribution in [0.3, 0.4) is 0 Å². The minimum absolute atomic E-state index is 0.0854. The fraction of sp³-hybridized carbons (Fsp3) is 0.0492. The minimum Gasteiger partial charge on any atom is -0.455 e. The molecule has 0 saturated carbocycles. The molecule has 3 nitrogen and oxygen atoms in total. The summed E-state index contributed by atoms with van der Waals surface area (Å²) in [4.78, 5) is 10.7. The number of benzene rings is 9. The molecule has 3 heteroatoms. The van der Waals surface area contributed by atoms with E-state index in [-0.39, 0.29) is 5.41 Å². The topological polar surface area (TPSA) is 38.9 Å². The number of hydrogen-bond acceptors (Lipinski definition) is 3. The first-order valence-corrected chi connectivity index (χ1v) is 22.0.